The third-order valence-corrected chi connectivity index (χ3v) is 1.98. The summed E-state index contributed by atoms with van der Waals surface area (Å²) in [6.45, 7) is 8.92. The van der Waals surface area contributed by atoms with Crippen LogP contribution in [0.2, 0.25) is 0 Å². The lowest BCUT2D eigenvalue weighted by Gasteiger charge is -2.04. The maximum atomic E-state index is 5.41. The zero-order valence-corrected chi connectivity index (χ0v) is 9.29. The van der Waals surface area contributed by atoms with E-state index in [1.807, 2.05) is 19.1 Å². The summed E-state index contributed by atoms with van der Waals surface area (Å²) < 4.78 is 10.6. The predicted molar refractivity (Wildman–Crippen MR) is 60.7 cm³/mol. The van der Waals surface area contributed by atoms with Gasteiger partial charge in [-0.05, 0) is 25.5 Å². The van der Waals surface area contributed by atoms with Gasteiger partial charge in [0.2, 0.25) is 0 Å². The molecule has 0 aliphatic carbocycles. The molecule has 0 amide bonds. The van der Waals surface area contributed by atoms with Crippen LogP contribution in [-0.4, -0.2) is 19.8 Å². The Kier molecular flexibility index (Phi) is 5.81. The van der Waals surface area contributed by atoms with E-state index in [2.05, 4.69) is 11.9 Å². The summed E-state index contributed by atoms with van der Waals surface area (Å²) in [4.78, 5) is 0. The van der Waals surface area contributed by atoms with Crippen molar-refractivity contribution in [3.05, 3.63) is 36.3 Å². The summed E-state index contributed by atoms with van der Waals surface area (Å²) in [5.74, 6) is 0.955. The van der Waals surface area contributed by atoms with Crippen LogP contribution < -0.4 is 5.32 Å². The van der Waals surface area contributed by atoms with Crippen molar-refractivity contribution in [3.63, 3.8) is 0 Å². The van der Waals surface area contributed by atoms with Crippen molar-refractivity contribution in [1.82, 2.24) is 5.32 Å². The van der Waals surface area contributed by atoms with Gasteiger partial charge >= 0.3 is 0 Å². The minimum Gasteiger partial charge on any atom is -0.468 e. The van der Waals surface area contributed by atoms with Crippen molar-refractivity contribution >= 4 is 0 Å². The Morgan fingerprint density at radius 2 is 2.40 bits per heavy atom. The number of hydrogen-bond donors (Lipinski definition) is 1. The second-order valence-corrected chi connectivity index (χ2v) is 3.58. The number of hydrogen-bond acceptors (Lipinski definition) is 3. The van der Waals surface area contributed by atoms with Crippen LogP contribution in [0.1, 0.15) is 19.1 Å². The molecule has 0 saturated carbocycles. The molecule has 3 heteroatoms. The Labute approximate surface area is 91.1 Å². The molecule has 0 atom stereocenters. The van der Waals surface area contributed by atoms with E-state index in [1.54, 1.807) is 6.26 Å². The molecule has 1 aromatic rings. The lowest BCUT2D eigenvalue weighted by molar-refractivity contribution is 0.138. The van der Waals surface area contributed by atoms with Gasteiger partial charge in [-0.25, -0.2) is 0 Å². The lowest BCUT2D eigenvalue weighted by Crippen LogP contribution is -2.19. The normalized spacial score (nSPS) is 10.5. The molecule has 0 saturated heterocycles. The number of rotatable bonds is 8. The average molecular weight is 209 g/mol. The maximum Gasteiger partial charge on any atom is 0.117 e. The molecule has 3 nitrogen and oxygen atoms in total. The van der Waals surface area contributed by atoms with Crippen LogP contribution in [0.3, 0.4) is 0 Å². The molecule has 0 bridgehead atoms. The highest BCUT2D eigenvalue weighted by atomic mass is 16.5. The maximum absolute atomic E-state index is 5.41. The van der Waals surface area contributed by atoms with E-state index in [-0.39, 0.29) is 0 Å². The highest BCUT2D eigenvalue weighted by molar-refractivity contribution is 4.97. The minimum absolute atomic E-state index is 0.730. The van der Waals surface area contributed by atoms with Gasteiger partial charge in [0.25, 0.3) is 0 Å². The second-order valence-electron chi connectivity index (χ2n) is 3.58. The smallest absolute Gasteiger partial charge is 0.117 e. The van der Waals surface area contributed by atoms with Crippen LogP contribution in [0.4, 0.5) is 0 Å². The summed E-state index contributed by atoms with van der Waals surface area (Å²) >= 11 is 0. The first kappa shape index (κ1) is 12.0. The highest BCUT2D eigenvalue weighted by Crippen LogP contribution is 1.98. The van der Waals surface area contributed by atoms with E-state index >= 15 is 0 Å². The van der Waals surface area contributed by atoms with E-state index in [1.165, 1.54) is 5.57 Å². The van der Waals surface area contributed by atoms with Gasteiger partial charge in [-0.1, -0.05) is 5.57 Å². The minimum atomic E-state index is 0.730. The van der Waals surface area contributed by atoms with Gasteiger partial charge in [0, 0.05) is 6.54 Å². The van der Waals surface area contributed by atoms with Crippen molar-refractivity contribution in [2.24, 2.45) is 0 Å². The number of nitrogens with one attached hydrogen (secondary N) is 1. The average Bonchev–Trinajstić information content (AvgIpc) is 2.68. The summed E-state index contributed by atoms with van der Waals surface area (Å²) in [5.41, 5.74) is 1.17. The summed E-state index contributed by atoms with van der Waals surface area (Å²) in [7, 11) is 0. The van der Waals surface area contributed by atoms with Crippen molar-refractivity contribution < 1.29 is 9.15 Å². The first-order valence-corrected chi connectivity index (χ1v) is 5.24. The molecular formula is C12H19NO2. The van der Waals surface area contributed by atoms with Gasteiger partial charge in [0.1, 0.15) is 5.76 Å². The molecule has 0 unspecified atom stereocenters. The fourth-order valence-corrected chi connectivity index (χ4v) is 1.12. The van der Waals surface area contributed by atoms with Gasteiger partial charge < -0.3 is 14.5 Å². The van der Waals surface area contributed by atoms with Crippen molar-refractivity contribution in [1.29, 1.82) is 0 Å². The van der Waals surface area contributed by atoms with Gasteiger partial charge in [0.15, 0.2) is 0 Å². The molecule has 1 aromatic heterocycles. The highest BCUT2D eigenvalue weighted by Gasteiger charge is 1.94. The zero-order valence-electron chi connectivity index (χ0n) is 9.29. The Balaban J connectivity index is 1.87. The molecule has 0 aliphatic heterocycles. The van der Waals surface area contributed by atoms with Crippen LogP contribution in [-0.2, 0) is 11.3 Å². The molecule has 1 rings (SSSR count). The third kappa shape index (κ3) is 6.10. The molecule has 84 valence electrons. The van der Waals surface area contributed by atoms with E-state index in [0.717, 1.165) is 38.5 Å². The lowest BCUT2D eigenvalue weighted by atomic mass is 10.3. The molecule has 1 N–H and O–H groups in total. The Morgan fingerprint density at radius 3 is 3.07 bits per heavy atom. The Morgan fingerprint density at radius 1 is 1.53 bits per heavy atom. The SMILES string of the molecule is C=C(C)CCOCCNCc1ccco1. The molecule has 0 aliphatic rings. The standard InChI is InChI=1S/C12H19NO2/c1-11(2)5-8-14-9-6-13-10-12-4-3-7-15-12/h3-4,7,13H,1,5-6,8-10H2,2H3. The van der Waals surface area contributed by atoms with Crippen LogP contribution in [0.25, 0.3) is 0 Å². The van der Waals surface area contributed by atoms with Gasteiger partial charge in [-0.3, -0.25) is 0 Å². The fourth-order valence-electron chi connectivity index (χ4n) is 1.12. The molecule has 15 heavy (non-hydrogen) atoms. The molecule has 0 spiro atoms. The first-order chi connectivity index (χ1) is 7.29. The van der Waals surface area contributed by atoms with Crippen LogP contribution in [0.15, 0.2) is 35.0 Å². The van der Waals surface area contributed by atoms with E-state index < -0.39 is 0 Å². The van der Waals surface area contributed by atoms with Crippen LogP contribution in [0, 0.1) is 0 Å². The topological polar surface area (TPSA) is 34.4 Å². The summed E-state index contributed by atoms with van der Waals surface area (Å²) in [6.07, 6.45) is 2.62. The van der Waals surface area contributed by atoms with Crippen LogP contribution >= 0.6 is 0 Å². The van der Waals surface area contributed by atoms with Crippen molar-refractivity contribution in [3.8, 4) is 0 Å². The molecule has 0 fully saturated rings. The largest absolute Gasteiger partial charge is 0.468 e. The molecule has 1 heterocycles. The van der Waals surface area contributed by atoms with Gasteiger partial charge in [-0.15, -0.1) is 6.58 Å². The molecular weight excluding hydrogens is 190 g/mol. The quantitative estimate of drug-likeness (QED) is 0.527. The van der Waals surface area contributed by atoms with E-state index in [0.29, 0.717) is 0 Å². The second kappa shape index (κ2) is 7.26. The van der Waals surface area contributed by atoms with Gasteiger partial charge in [-0.2, -0.15) is 0 Å². The van der Waals surface area contributed by atoms with Gasteiger partial charge in [0.05, 0.1) is 26.0 Å². The van der Waals surface area contributed by atoms with E-state index in [9.17, 15) is 0 Å². The first-order valence-electron chi connectivity index (χ1n) is 5.24. The number of furan rings is 1. The van der Waals surface area contributed by atoms with Crippen molar-refractivity contribution in [2.45, 2.75) is 19.9 Å². The van der Waals surface area contributed by atoms with Crippen LogP contribution in [0.5, 0.6) is 0 Å². The zero-order chi connectivity index (χ0) is 10.9. The van der Waals surface area contributed by atoms with Crippen molar-refractivity contribution in [2.75, 3.05) is 19.8 Å². The summed E-state index contributed by atoms with van der Waals surface area (Å²) in [5, 5.41) is 3.23. The molecule has 0 aromatic carbocycles. The fraction of sp³-hybridized carbons (Fsp3) is 0.500. The van der Waals surface area contributed by atoms with E-state index in [4.69, 9.17) is 9.15 Å². The Hall–Kier alpha value is -1.06. The summed E-state index contributed by atoms with van der Waals surface area (Å²) in [6, 6.07) is 3.84. The number of ether oxygens (including phenoxy) is 1. The molecule has 0 radical (unpaired) electrons. The predicted octanol–water partition coefficient (Wildman–Crippen LogP) is 2.35. The Bertz CT molecular complexity index is 267. The third-order valence-electron chi connectivity index (χ3n) is 1.98. The monoisotopic (exact) mass is 209 g/mol.